The van der Waals surface area contributed by atoms with E-state index in [0.29, 0.717) is 17.4 Å². The number of fused-ring (bicyclic) bond motifs is 1. The first-order chi connectivity index (χ1) is 15.4. The van der Waals surface area contributed by atoms with Crippen LogP contribution in [0.3, 0.4) is 0 Å². The number of hydrogen-bond donors (Lipinski definition) is 3. The van der Waals surface area contributed by atoms with Gasteiger partial charge in [0.1, 0.15) is 11.6 Å². The predicted molar refractivity (Wildman–Crippen MR) is 128 cm³/mol. The van der Waals surface area contributed by atoms with Crippen LogP contribution in [0.5, 0.6) is 5.75 Å². The second-order valence-electron chi connectivity index (χ2n) is 7.44. The molecule has 1 heterocycles. The minimum Gasteiger partial charge on any atom is -0.490 e. The quantitative estimate of drug-likeness (QED) is 0.361. The molecule has 0 saturated carbocycles. The Morgan fingerprint density at radius 3 is 2.56 bits per heavy atom. The predicted octanol–water partition coefficient (Wildman–Crippen LogP) is 5.47. The van der Waals surface area contributed by atoms with Gasteiger partial charge >= 0.3 is 0 Å². The highest BCUT2D eigenvalue weighted by atomic mass is 19.1. The van der Waals surface area contributed by atoms with Crippen molar-refractivity contribution < 1.29 is 14.2 Å². The van der Waals surface area contributed by atoms with Crippen LogP contribution in [0.15, 0.2) is 60.8 Å². The van der Waals surface area contributed by atoms with Crippen LogP contribution in [0, 0.1) is 12.7 Å². The number of rotatable bonds is 5. The summed E-state index contributed by atoms with van der Waals surface area (Å²) in [6.45, 7) is 5.81. The summed E-state index contributed by atoms with van der Waals surface area (Å²) in [5.41, 5.74) is 10.8. The van der Waals surface area contributed by atoms with Gasteiger partial charge in [0, 0.05) is 47.3 Å². The molecule has 0 aliphatic carbocycles. The van der Waals surface area contributed by atoms with Gasteiger partial charge in [0.05, 0.1) is 11.6 Å². The van der Waals surface area contributed by atoms with Crippen molar-refractivity contribution in [1.82, 2.24) is 9.97 Å². The molecule has 0 aliphatic rings. The number of aromatic nitrogens is 2. The van der Waals surface area contributed by atoms with Crippen LogP contribution in [0.4, 0.5) is 21.7 Å². The van der Waals surface area contributed by atoms with E-state index < -0.39 is 0 Å². The number of aliphatic hydroxyl groups is 1. The van der Waals surface area contributed by atoms with Crippen molar-refractivity contribution in [2.24, 2.45) is 0 Å². The molecule has 6 nitrogen and oxygen atoms in total. The van der Waals surface area contributed by atoms with E-state index in [1.807, 2.05) is 57.2 Å². The van der Waals surface area contributed by atoms with Crippen LogP contribution < -0.4 is 15.8 Å². The molecule has 0 fully saturated rings. The molecular formula is C25H27FN4O2. The number of anilines is 3. The summed E-state index contributed by atoms with van der Waals surface area (Å²) in [6, 6.07) is 16.0. The largest absolute Gasteiger partial charge is 0.490 e. The summed E-state index contributed by atoms with van der Waals surface area (Å²) in [5.74, 6) is 0.596. The van der Waals surface area contributed by atoms with Crippen LogP contribution in [0.2, 0.25) is 0 Å². The van der Waals surface area contributed by atoms with E-state index in [0.717, 1.165) is 40.4 Å². The van der Waals surface area contributed by atoms with Gasteiger partial charge in [-0.1, -0.05) is 24.3 Å². The first-order valence-corrected chi connectivity index (χ1v) is 10.2. The summed E-state index contributed by atoms with van der Waals surface area (Å²) in [4.78, 5) is 9.19. The van der Waals surface area contributed by atoms with E-state index in [4.69, 9.17) is 20.6 Å². The zero-order valence-corrected chi connectivity index (χ0v) is 18.6. The summed E-state index contributed by atoms with van der Waals surface area (Å²) >= 11 is 0. The van der Waals surface area contributed by atoms with Crippen molar-refractivity contribution in [3.8, 4) is 16.9 Å². The average molecular weight is 435 g/mol. The highest BCUT2D eigenvalue weighted by Gasteiger charge is 2.14. The van der Waals surface area contributed by atoms with Gasteiger partial charge in [-0.3, -0.25) is 0 Å². The lowest BCUT2D eigenvalue weighted by Gasteiger charge is -2.16. The monoisotopic (exact) mass is 434 g/mol. The Morgan fingerprint density at radius 1 is 1.03 bits per heavy atom. The number of hydrogen-bond acceptors (Lipinski definition) is 6. The maximum absolute atomic E-state index is 13.9. The van der Waals surface area contributed by atoms with E-state index in [9.17, 15) is 4.39 Å². The number of nitrogens with two attached hydrogens (primary N) is 1. The number of nitrogens with one attached hydrogen (secondary N) is 1. The van der Waals surface area contributed by atoms with Crippen molar-refractivity contribution in [2.75, 3.05) is 18.2 Å². The molecule has 166 valence electrons. The Hall–Kier alpha value is -3.71. The van der Waals surface area contributed by atoms with E-state index >= 15 is 0 Å². The van der Waals surface area contributed by atoms with Gasteiger partial charge in [0.2, 0.25) is 5.95 Å². The van der Waals surface area contributed by atoms with Gasteiger partial charge in [-0.25, -0.2) is 14.4 Å². The minimum atomic E-state index is -0.344. The van der Waals surface area contributed by atoms with Gasteiger partial charge in [0.15, 0.2) is 0 Å². The number of benzene rings is 3. The summed E-state index contributed by atoms with van der Waals surface area (Å²) in [6.07, 6.45) is 1.68. The summed E-state index contributed by atoms with van der Waals surface area (Å²) in [5, 5.41) is 11.1. The molecule has 7 heteroatoms. The number of aryl methyl sites for hydroxylation is 1. The van der Waals surface area contributed by atoms with Crippen LogP contribution >= 0.6 is 0 Å². The van der Waals surface area contributed by atoms with E-state index in [1.165, 1.54) is 12.1 Å². The molecule has 0 saturated heterocycles. The maximum atomic E-state index is 13.9. The SMILES string of the molecule is CO.Cc1ccc(N)cc1Nc1ncc2cccc(-c3ccc(F)cc3OC(C)C)c2n1. The fourth-order valence-electron chi connectivity index (χ4n) is 3.30. The normalized spacial score (nSPS) is 10.6. The van der Waals surface area contributed by atoms with Crippen molar-refractivity contribution in [1.29, 1.82) is 0 Å². The Morgan fingerprint density at radius 2 is 1.81 bits per heavy atom. The molecule has 0 aliphatic heterocycles. The lowest BCUT2D eigenvalue weighted by molar-refractivity contribution is 0.242. The smallest absolute Gasteiger partial charge is 0.227 e. The third-order valence-corrected chi connectivity index (χ3v) is 4.72. The molecule has 0 atom stereocenters. The van der Waals surface area contributed by atoms with E-state index in [1.54, 1.807) is 12.3 Å². The van der Waals surface area contributed by atoms with Crippen molar-refractivity contribution in [3.05, 3.63) is 72.2 Å². The van der Waals surface area contributed by atoms with Crippen molar-refractivity contribution in [2.45, 2.75) is 26.9 Å². The van der Waals surface area contributed by atoms with E-state index in [2.05, 4.69) is 10.3 Å². The Kier molecular flexibility index (Phi) is 7.22. The molecule has 0 radical (unpaired) electrons. The van der Waals surface area contributed by atoms with Crippen molar-refractivity contribution >= 4 is 28.2 Å². The first kappa shape index (κ1) is 23.0. The van der Waals surface area contributed by atoms with Gasteiger partial charge in [-0.15, -0.1) is 0 Å². The summed E-state index contributed by atoms with van der Waals surface area (Å²) in [7, 11) is 1.00. The van der Waals surface area contributed by atoms with Gasteiger partial charge in [0.25, 0.3) is 0 Å². The second-order valence-corrected chi connectivity index (χ2v) is 7.44. The third kappa shape index (κ3) is 5.12. The maximum Gasteiger partial charge on any atom is 0.227 e. The fraction of sp³-hybridized carbons (Fsp3) is 0.200. The number of halogens is 1. The topological polar surface area (TPSA) is 93.3 Å². The Balaban J connectivity index is 0.00000141. The molecule has 0 amide bonds. The van der Waals surface area contributed by atoms with Gasteiger partial charge in [-0.2, -0.15) is 0 Å². The van der Waals surface area contributed by atoms with Crippen LogP contribution in [0.25, 0.3) is 22.0 Å². The molecule has 1 aromatic heterocycles. The number of nitrogens with zero attached hydrogens (tertiary/aromatic N) is 2. The standard InChI is InChI=1S/C24H23FN4O.CH4O/c1-14(2)30-22-11-17(25)8-10-19(22)20-6-4-5-16-13-27-24(29-23(16)20)28-21-12-18(26)9-7-15(21)3;1-2/h4-14H,26H2,1-3H3,(H,27,28,29);2H,1H3. The molecular weight excluding hydrogens is 407 g/mol. The molecule has 4 rings (SSSR count). The average Bonchev–Trinajstić information content (AvgIpc) is 2.77. The lowest BCUT2D eigenvalue weighted by atomic mass is 10.0. The molecule has 0 unspecified atom stereocenters. The number of para-hydroxylation sites is 1. The fourth-order valence-corrected chi connectivity index (χ4v) is 3.30. The minimum absolute atomic E-state index is 0.0844. The Labute approximate surface area is 186 Å². The number of aliphatic hydroxyl groups excluding tert-OH is 1. The molecule has 4 N–H and O–H groups in total. The molecule has 3 aromatic carbocycles. The third-order valence-electron chi connectivity index (χ3n) is 4.72. The zero-order valence-electron chi connectivity index (χ0n) is 18.6. The van der Waals surface area contributed by atoms with E-state index in [-0.39, 0.29) is 11.9 Å². The lowest BCUT2D eigenvalue weighted by Crippen LogP contribution is -2.07. The molecule has 32 heavy (non-hydrogen) atoms. The van der Waals surface area contributed by atoms with Gasteiger partial charge < -0.3 is 20.9 Å². The Bertz CT molecular complexity index is 1230. The highest BCUT2D eigenvalue weighted by molar-refractivity contribution is 5.95. The first-order valence-electron chi connectivity index (χ1n) is 10.2. The zero-order chi connectivity index (χ0) is 23.3. The number of nitrogen functional groups attached to an aromatic ring is 1. The summed E-state index contributed by atoms with van der Waals surface area (Å²) < 4.78 is 19.7. The van der Waals surface area contributed by atoms with Crippen LogP contribution in [-0.4, -0.2) is 28.3 Å². The number of ether oxygens (including phenoxy) is 1. The molecule has 4 aromatic rings. The molecule has 0 spiro atoms. The van der Waals surface area contributed by atoms with Gasteiger partial charge in [-0.05, 0) is 50.6 Å². The van der Waals surface area contributed by atoms with Crippen LogP contribution in [-0.2, 0) is 0 Å². The second kappa shape index (κ2) is 10.1. The highest BCUT2D eigenvalue weighted by Crippen LogP contribution is 2.36. The van der Waals surface area contributed by atoms with Crippen molar-refractivity contribution in [3.63, 3.8) is 0 Å². The van der Waals surface area contributed by atoms with Crippen LogP contribution in [0.1, 0.15) is 19.4 Å². The molecule has 0 bridgehead atoms.